The average Bonchev–Trinajstić information content (AvgIpc) is 2.37. The molecule has 0 aliphatic heterocycles. The van der Waals surface area contributed by atoms with E-state index < -0.39 is 11.7 Å². The summed E-state index contributed by atoms with van der Waals surface area (Å²) in [6.45, 7) is 7.02. The summed E-state index contributed by atoms with van der Waals surface area (Å²) in [5, 5.41) is 0. The maximum absolute atomic E-state index is 12.6. The first-order valence-electron chi connectivity index (χ1n) is 6.81. The molecule has 110 valence electrons. The second-order valence-corrected chi connectivity index (χ2v) is 5.88. The van der Waals surface area contributed by atoms with E-state index in [2.05, 4.69) is 0 Å². The summed E-state index contributed by atoms with van der Waals surface area (Å²) in [7, 11) is 0. The largest absolute Gasteiger partial charge is 0.443 e. The molecular formula is C17H19NO3. The minimum absolute atomic E-state index is 0.365. The monoisotopic (exact) mass is 285 g/mol. The van der Waals surface area contributed by atoms with Gasteiger partial charge in [-0.05, 0) is 45.4 Å². The first-order chi connectivity index (χ1) is 9.79. The van der Waals surface area contributed by atoms with Crippen molar-refractivity contribution in [3.05, 3.63) is 58.5 Å². The first kappa shape index (κ1) is 15.0. The van der Waals surface area contributed by atoms with Crippen LogP contribution in [0.4, 0.5) is 4.79 Å². The van der Waals surface area contributed by atoms with E-state index in [0.717, 1.165) is 10.1 Å². The van der Waals surface area contributed by atoms with E-state index in [1.807, 2.05) is 30.3 Å². The molecule has 0 atom stereocenters. The van der Waals surface area contributed by atoms with Crippen molar-refractivity contribution >= 4 is 6.09 Å². The van der Waals surface area contributed by atoms with Crippen LogP contribution in [0.1, 0.15) is 26.5 Å². The molecule has 0 aliphatic carbocycles. The van der Waals surface area contributed by atoms with Crippen molar-refractivity contribution in [1.29, 1.82) is 0 Å². The third-order valence-corrected chi connectivity index (χ3v) is 2.94. The zero-order chi connectivity index (χ0) is 15.6. The summed E-state index contributed by atoms with van der Waals surface area (Å²) in [5.41, 5.74) is 0.794. The number of benzene rings is 1. The lowest BCUT2D eigenvalue weighted by atomic mass is 10.1. The van der Waals surface area contributed by atoms with Crippen LogP contribution in [0, 0.1) is 6.92 Å². The Morgan fingerprint density at radius 1 is 1.05 bits per heavy atom. The smallest absolute Gasteiger partial charge is 0.421 e. The molecule has 0 spiro atoms. The molecule has 21 heavy (non-hydrogen) atoms. The Morgan fingerprint density at radius 3 is 2.24 bits per heavy atom. The highest BCUT2D eigenvalue weighted by molar-refractivity contribution is 5.74. The number of hydrogen-bond donors (Lipinski definition) is 0. The van der Waals surface area contributed by atoms with Crippen molar-refractivity contribution in [2.24, 2.45) is 0 Å². The Morgan fingerprint density at radius 2 is 1.67 bits per heavy atom. The molecular weight excluding hydrogens is 266 g/mol. The summed E-state index contributed by atoms with van der Waals surface area (Å²) in [6.07, 6.45) is -0.650. The van der Waals surface area contributed by atoms with Gasteiger partial charge in [-0.1, -0.05) is 30.3 Å². The van der Waals surface area contributed by atoms with E-state index in [0.29, 0.717) is 11.3 Å². The molecule has 1 heterocycles. The van der Waals surface area contributed by atoms with E-state index in [1.54, 1.807) is 39.8 Å². The molecule has 0 N–H and O–H groups in total. The van der Waals surface area contributed by atoms with Crippen LogP contribution < -0.4 is 5.56 Å². The van der Waals surface area contributed by atoms with Gasteiger partial charge < -0.3 is 4.74 Å². The highest BCUT2D eigenvalue weighted by atomic mass is 16.6. The van der Waals surface area contributed by atoms with Crippen LogP contribution in [-0.2, 0) is 4.74 Å². The van der Waals surface area contributed by atoms with Crippen molar-refractivity contribution in [2.75, 3.05) is 0 Å². The van der Waals surface area contributed by atoms with E-state index in [1.165, 1.54) is 0 Å². The minimum atomic E-state index is -0.650. The lowest BCUT2D eigenvalue weighted by Crippen LogP contribution is -2.35. The maximum Gasteiger partial charge on any atom is 0.421 e. The van der Waals surface area contributed by atoms with Gasteiger partial charge in [-0.15, -0.1) is 0 Å². The highest BCUT2D eigenvalue weighted by Gasteiger charge is 2.21. The number of pyridine rings is 1. The molecule has 1 aromatic carbocycles. The third kappa shape index (κ3) is 3.40. The quantitative estimate of drug-likeness (QED) is 0.804. The number of carbonyl (C=O) groups excluding carboxylic acids is 1. The van der Waals surface area contributed by atoms with E-state index >= 15 is 0 Å². The zero-order valence-corrected chi connectivity index (χ0v) is 12.7. The fourth-order valence-corrected chi connectivity index (χ4v) is 2.00. The van der Waals surface area contributed by atoms with Crippen LogP contribution in [0.3, 0.4) is 0 Å². The molecule has 0 saturated heterocycles. The van der Waals surface area contributed by atoms with Crippen molar-refractivity contribution in [1.82, 2.24) is 4.57 Å². The van der Waals surface area contributed by atoms with Crippen LogP contribution in [-0.4, -0.2) is 16.3 Å². The van der Waals surface area contributed by atoms with Crippen molar-refractivity contribution in [2.45, 2.75) is 33.3 Å². The molecule has 4 heteroatoms. The molecule has 1 aromatic heterocycles. The Kier molecular flexibility index (Phi) is 3.98. The van der Waals surface area contributed by atoms with Crippen molar-refractivity contribution in [3.8, 4) is 11.1 Å². The topological polar surface area (TPSA) is 48.3 Å². The van der Waals surface area contributed by atoms with Gasteiger partial charge in [0.15, 0.2) is 0 Å². The number of ether oxygens (including phenoxy) is 1. The number of hydrogen-bond acceptors (Lipinski definition) is 3. The van der Waals surface area contributed by atoms with Gasteiger partial charge in [-0.2, -0.15) is 0 Å². The summed E-state index contributed by atoms with van der Waals surface area (Å²) in [6, 6.07) is 12.7. The molecule has 4 nitrogen and oxygen atoms in total. The van der Waals surface area contributed by atoms with E-state index in [4.69, 9.17) is 4.74 Å². The van der Waals surface area contributed by atoms with Gasteiger partial charge >= 0.3 is 6.09 Å². The number of rotatable bonds is 1. The maximum atomic E-state index is 12.6. The van der Waals surface area contributed by atoms with Crippen molar-refractivity contribution in [3.63, 3.8) is 0 Å². The van der Waals surface area contributed by atoms with Gasteiger partial charge in [0.25, 0.3) is 5.56 Å². The molecule has 0 fully saturated rings. The molecule has 0 unspecified atom stereocenters. The summed E-state index contributed by atoms with van der Waals surface area (Å²) >= 11 is 0. The van der Waals surface area contributed by atoms with Crippen LogP contribution >= 0.6 is 0 Å². The second kappa shape index (κ2) is 5.56. The summed E-state index contributed by atoms with van der Waals surface area (Å²) < 4.78 is 6.38. The predicted octanol–water partition coefficient (Wildman–Crippen LogP) is 3.61. The fraction of sp³-hybridized carbons (Fsp3) is 0.294. The number of carbonyl (C=O) groups is 1. The van der Waals surface area contributed by atoms with Gasteiger partial charge in [0, 0.05) is 11.3 Å². The lowest BCUT2D eigenvalue weighted by molar-refractivity contribution is 0.0527. The Bertz CT molecular complexity index is 709. The van der Waals surface area contributed by atoms with Crippen LogP contribution in [0.15, 0.2) is 47.3 Å². The molecule has 0 amide bonds. The summed E-state index contributed by atoms with van der Waals surface area (Å²) in [4.78, 5) is 24.8. The number of aromatic nitrogens is 1. The van der Waals surface area contributed by atoms with Gasteiger partial charge in [0.1, 0.15) is 5.60 Å². The normalized spacial score (nSPS) is 11.2. The average molecular weight is 285 g/mol. The zero-order valence-electron chi connectivity index (χ0n) is 12.7. The molecule has 0 aliphatic rings. The van der Waals surface area contributed by atoms with Crippen molar-refractivity contribution < 1.29 is 9.53 Å². The highest BCUT2D eigenvalue weighted by Crippen LogP contribution is 2.16. The van der Waals surface area contributed by atoms with E-state index in [9.17, 15) is 9.59 Å². The SMILES string of the molecule is Cc1ccc(-c2ccccc2)c(=O)n1C(=O)OC(C)(C)C. The first-order valence-corrected chi connectivity index (χ1v) is 6.81. The van der Waals surface area contributed by atoms with E-state index in [-0.39, 0.29) is 5.56 Å². The lowest BCUT2D eigenvalue weighted by Gasteiger charge is -2.21. The van der Waals surface area contributed by atoms with Gasteiger partial charge in [0.2, 0.25) is 0 Å². The van der Waals surface area contributed by atoms with Crippen LogP contribution in [0.25, 0.3) is 11.1 Å². The summed E-state index contributed by atoms with van der Waals surface area (Å²) in [5.74, 6) is 0. The van der Waals surface area contributed by atoms with Crippen LogP contribution in [0.5, 0.6) is 0 Å². The molecule has 0 saturated carbocycles. The van der Waals surface area contributed by atoms with Crippen LogP contribution in [0.2, 0.25) is 0 Å². The minimum Gasteiger partial charge on any atom is -0.443 e. The third-order valence-electron chi connectivity index (χ3n) is 2.94. The second-order valence-electron chi connectivity index (χ2n) is 5.88. The Hall–Kier alpha value is -2.36. The molecule has 2 rings (SSSR count). The predicted molar refractivity (Wildman–Crippen MR) is 82.5 cm³/mol. The number of aryl methyl sites for hydroxylation is 1. The number of nitrogens with zero attached hydrogens (tertiary/aromatic N) is 1. The Balaban J connectivity index is 2.53. The molecule has 0 radical (unpaired) electrons. The van der Waals surface area contributed by atoms with Gasteiger partial charge in [0.05, 0.1) is 0 Å². The van der Waals surface area contributed by atoms with Gasteiger partial charge in [-0.3, -0.25) is 4.79 Å². The fourth-order valence-electron chi connectivity index (χ4n) is 2.00. The molecule has 2 aromatic rings. The Labute approximate surface area is 124 Å². The standard InChI is InChI=1S/C17H19NO3/c1-12-10-11-14(13-8-6-5-7-9-13)15(19)18(12)16(20)21-17(2,3)4/h5-11H,1-4H3. The van der Waals surface area contributed by atoms with Gasteiger partial charge in [-0.25, -0.2) is 9.36 Å². The molecule has 0 bridgehead atoms.